The summed E-state index contributed by atoms with van der Waals surface area (Å²) in [6.45, 7) is 7.23. The number of rotatable bonds is 5. The maximum atomic E-state index is 12.4. The zero-order chi connectivity index (χ0) is 20.8. The number of piperazine rings is 1. The van der Waals surface area contributed by atoms with Gasteiger partial charge in [0.1, 0.15) is 5.75 Å². The third kappa shape index (κ3) is 5.59. The first-order valence-electron chi connectivity index (χ1n) is 9.53. The summed E-state index contributed by atoms with van der Waals surface area (Å²) in [5.41, 5.74) is 2.20. The molecule has 8 heteroatoms. The van der Waals surface area contributed by atoms with E-state index in [0.29, 0.717) is 16.3 Å². The Balaban J connectivity index is 1.59. The SMILES string of the molecule is CCN1CCN(c2ccc(NC(=S)NC(=O)c3cccc(OC)c3)cc2Cl)CC1. The molecule has 0 saturated carbocycles. The minimum absolute atomic E-state index is 0.207. The van der Waals surface area contributed by atoms with E-state index >= 15 is 0 Å². The highest BCUT2D eigenvalue weighted by Crippen LogP contribution is 2.29. The number of thiocarbonyl (C=S) groups is 1. The second-order valence-corrected chi connectivity index (χ2v) is 7.54. The molecule has 29 heavy (non-hydrogen) atoms. The van der Waals surface area contributed by atoms with Gasteiger partial charge in [-0.15, -0.1) is 0 Å². The number of methoxy groups -OCH3 is 1. The molecule has 1 heterocycles. The first-order valence-corrected chi connectivity index (χ1v) is 10.3. The molecule has 6 nitrogen and oxygen atoms in total. The lowest BCUT2D eigenvalue weighted by atomic mass is 10.2. The molecule has 2 N–H and O–H groups in total. The third-order valence-corrected chi connectivity index (χ3v) is 5.43. The Morgan fingerprint density at radius 1 is 1.17 bits per heavy atom. The highest BCUT2D eigenvalue weighted by molar-refractivity contribution is 7.80. The fraction of sp³-hybridized carbons (Fsp3) is 0.333. The lowest BCUT2D eigenvalue weighted by molar-refractivity contribution is 0.0977. The summed E-state index contributed by atoms with van der Waals surface area (Å²) in [7, 11) is 1.56. The average Bonchev–Trinajstić information content (AvgIpc) is 2.74. The molecule has 0 bridgehead atoms. The molecule has 0 radical (unpaired) electrons. The van der Waals surface area contributed by atoms with Gasteiger partial charge in [-0.05, 0) is 55.2 Å². The van der Waals surface area contributed by atoms with E-state index in [4.69, 9.17) is 28.6 Å². The maximum Gasteiger partial charge on any atom is 0.257 e. The molecular weight excluding hydrogens is 408 g/mol. The molecule has 1 aliphatic heterocycles. The Kier molecular flexibility index (Phi) is 7.30. The number of amides is 1. The summed E-state index contributed by atoms with van der Waals surface area (Å²) < 4.78 is 5.14. The number of benzene rings is 2. The van der Waals surface area contributed by atoms with Crippen molar-refractivity contribution in [2.75, 3.05) is 50.1 Å². The number of likely N-dealkylation sites (N-methyl/N-ethyl adjacent to an activating group) is 1. The van der Waals surface area contributed by atoms with Crippen molar-refractivity contribution in [2.45, 2.75) is 6.92 Å². The monoisotopic (exact) mass is 432 g/mol. The van der Waals surface area contributed by atoms with Gasteiger partial charge in [0.25, 0.3) is 5.91 Å². The van der Waals surface area contributed by atoms with Crippen molar-refractivity contribution in [1.82, 2.24) is 10.2 Å². The van der Waals surface area contributed by atoms with E-state index in [1.807, 2.05) is 18.2 Å². The first kappa shape index (κ1) is 21.4. The summed E-state index contributed by atoms with van der Waals surface area (Å²) in [4.78, 5) is 17.1. The van der Waals surface area contributed by atoms with Gasteiger partial charge in [-0.3, -0.25) is 10.1 Å². The number of carbonyl (C=O) groups is 1. The molecule has 0 unspecified atom stereocenters. The molecule has 1 fully saturated rings. The molecular formula is C21H25ClN4O2S. The standard InChI is InChI=1S/C21H25ClN4O2S/c1-3-25-9-11-26(12-10-25)19-8-7-16(14-18(19)22)23-21(29)24-20(27)15-5-4-6-17(13-15)28-2/h4-8,13-14H,3,9-12H2,1-2H3,(H2,23,24,27,29). The van der Waals surface area contributed by atoms with Crippen LogP contribution < -0.4 is 20.3 Å². The molecule has 0 atom stereocenters. The second-order valence-electron chi connectivity index (χ2n) is 6.73. The minimum atomic E-state index is -0.307. The summed E-state index contributed by atoms with van der Waals surface area (Å²) in [6.07, 6.45) is 0. The van der Waals surface area contributed by atoms with Crippen LogP contribution >= 0.6 is 23.8 Å². The van der Waals surface area contributed by atoms with E-state index in [1.54, 1.807) is 31.4 Å². The van der Waals surface area contributed by atoms with Gasteiger partial charge < -0.3 is 19.9 Å². The van der Waals surface area contributed by atoms with Crippen LogP contribution in [0.4, 0.5) is 11.4 Å². The largest absolute Gasteiger partial charge is 0.497 e. The van der Waals surface area contributed by atoms with E-state index in [1.165, 1.54) is 0 Å². The Morgan fingerprint density at radius 2 is 1.93 bits per heavy atom. The van der Waals surface area contributed by atoms with Gasteiger partial charge in [0.05, 0.1) is 17.8 Å². The molecule has 0 aliphatic carbocycles. The molecule has 0 aromatic heterocycles. The normalized spacial score (nSPS) is 14.4. The fourth-order valence-electron chi connectivity index (χ4n) is 3.25. The number of nitrogens with zero attached hydrogens (tertiary/aromatic N) is 2. The second kappa shape index (κ2) is 9.91. The van der Waals surface area contributed by atoms with Crippen LogP contribution in [0.25, 0.3) is 0 Å². The van der Waals surface area contributed by atoms with Gasteiger partial charge in [-0.1, -0.05) is 24.6 Å². The summed E-state index contributed by atoms with van der Waals surface area (Å²) >= 11 is 11.8. The highest BCUT2D eigenvalue weighted by atomic mass is 35.5. The Bertz CT molecular complexity index is 885. The van der Waals surface area contributed by atoms with E-state index in [2.05, 4.69) is 27.4 Å². The number of nitrogens with one attached hydrogen (secondary N) is 2. The number of carbonyl (C=O) groups excluding carboxylic acids is 1. The maximum absolute atomic E-state index is 12.4. The quantitative estimate of drug-likeness (QED) is 0.704. The molecule has 1 saturated heterocycles. The summed E-state index contributed by atoms with van der Waals surface area (Å²) in [6, 6.07) is 12.6. The number of halogens is 1. The van der Waals surface area contributed by atoms with Crippen LogP contribution in [0.1, 0.15) is 17.3 Å². The van der Waals surface area contributed by atoms with E-state index in [9.17, 15) is 4.79 Å². The highest BCUT2D eigenvalue weighted by Gasteiger charge is 2.18. The summed E-state index contributed by atoms with van der Waals surface area (Å²) in [5, 5.41) is 6.55. The molecule has 2 aromatic rings. The molecule has 1 amide bonds. The van der Waals surface area contributed by atoms with Crippen LogP contribution in [-0.4, -0.2) is 55.8 Å². The van der Waals surface area contributed by atoms with Crippen molar-refractivity contribution in [1.29, 1.82) is 0 Å². The van der Waals surface area contributed by atoms with Crippen molar-refractivity contribution >= 4 is 46.2 Å². The van der Waals surface area contributed by atoms with Crippen molar-refractivity contribution in [3.05, 3.63) is 53.1 Å². The zero-order valence-corrected chi connectivity index (χ0v) is 18.1. The fourth-order valence-corrected chi connectivity index (χ4v) is 3.76. The number of anilines is 2. The predicted octanol–water partition coefficient (Wildman–Crippen LogP) is 3.62. The molecule has 0 spiro atoms. The van der Waals surface area contributed by atoms with Crippen LogP contribution in [0, 0.1) is 0 Å². The van der Waals surface area contributed by atoms with Crippen molar-refractivity contribution in [3.8, 4) is 5.75 Å². The molecule has 1 aliphatic rings. The third-order valence-electron chi connectivity index (χ3n) is 4.92. The van der Waals surface area contributed by atoms with E-state index < -0.39 is 0 Å². The molecule has 2 aromatic carbocycles. The number of hydrogen-bond acceptors (Lipinski definition) is 5. The van der Waals surface area contributed by atoms with Gasteiger partial charge in [-0.2, -0.15) is 0 Å². The summed E-state index contributed by atoms with van der Waals surface area (Å²) in [5.74, 6) is 0.302. The van der Waals surface area contributed by atoms with Crippen molar-refractivity contribution in [3.63, 3.8) is 0 Å². The van der Waals surface area contributed by atoms with Crippen LogP contribution in [0.3, 0.4) is 0 Å². The van der Waals surface area contributed by atoms with Crippen molar-refractivity contribution in [2.24, 2.45) is 0 Å². The average molecular weight is 433 g/mol. The lowest BCUT2D eigenvalue weighted by Crippen LogP contribution is -2.46. The van der Waals surface area contributed by atoms with Crippen LogP contribution in [0.5, 0.6) is 5.75 Å². The van der Waals surface area contributed by atoms with E-state index in [-0.39, 0.29) is 11.0 Å². The van der Waals surface area contributed by atoms with Gasteiger partial charge in [0.2, 0.25) is 0 Å². The van der Waals surface area contributed by atoms with Crippen molar-refractivity contribution < 1.29 is 9.53 Å². The molecule has 154 valence electrons. The number of hydrogen-bond donors (Lipinski definition) is 2. The Hall–Kier alpha value is -2.35. The van der Waals surface area contributed by atoms with Crippen LogP contribution in [0.2, 0.25) is 5.02 Å². The minimum Gasteiger partial charge on any atom is -0.497 e. The first-order chi connectivity index (χ1) is 14.0. The Labute approximate surface area is 181 Å². The van der Waals surface area contributed by atoms with Crippen LogP contribution in [0.15, 0.2) is 42.5 Å². The smallest absolute Gasteiger partial charge is 0.257 e. The van der Waals surface area contributed by atoms with E-state index in [0.717, 1.165) is 44.1 Å². The van der Waals surface area contributed by atoms with Crippen LogP contribution in [-0.2, 0) is 0 Å². The van der Waals surface area contributed by atoms with Gasteiger partial charge >= 0.3 is 0 Å². The zero-order valence-electron chi connectivity index (χ0n) is 16.6. The Morgan fingerprint density at radius 3 is 2.59 bits per heavy atom. The molecule has 3 rings (SSSR count). The topological polar surface area (TPSA) is 56.8 Å². The lowest BCUT2D eigenvalue weighted by Gasteiger charge is -2.36. The van der Waals surface area contributed by atoms with Gasteiger partial charge in [0, 0.05) is 37.4 Å². The van der Waals surface area contributed by atoms with Gasteiger partial charge in [0.15, 0.2) is 5.11 Å². The predicted molar refractivity (Wildman–Crippen MR) is 122 cm³/mol. The number of ether oxygens (including phenoxy) is 1. The van der Waals surface area contributed by atoms with Gasteiger partial charge in [-0.25, -0.2) is 0 Å².